The van der Waals surface area contributed by atoms with Gasteiger partial charge in [-0.25, -0.2) is 9.50 Å². The summed E-state index contributed by atoms with van der Waals surface area (Å²) in [7, 11) is 0. The van der Waals surface area contributed by atoms with Gasteiger partial charge in [0.2, 0.25) is 0 Å². The Morgan fingerprint density at radius 1 is 1.06 bits per heavy atom. The third-order valence-corrected chi connectivity index (χ3v) is 2.66. The lowest BCUT2D eigenvalue weighted by molar-refractivity contribution is 0.475. The zero-order valence-corrected chi connectivity index (χ0v) is 9.33. The van der Waals surface area contributed by atoms with Crippen molar-refractivity contribution in [1.82, 2.24) is 14.6 Å². The molecule has 3 aromatic rings. The van der Waals surface area contributed by atoms with Gasteiger partial charge in [-0.1, -0.05) is 0 Å². The minimum absolute atomic E-state index is 0.256. The van der Waals surface area contributed by atoms with Gasteiger partial charge < -0.3 is 5.11 Å². The fourth-order valence-corrected chi connectivity index (χ4v) is 1.79. The first-order valence-corrected chi connectivity index (χ1v) is 5.35. The average molecular weight is 225 g/mol. The van der Waals surface area contributed by atoms with Crippen LogP contribution in [0.3, 0.4) is 0 Å². The van der Waals surface area contributed by atoms with Crippen molar-refractivity contribution in [3.05, 3.63) is 48.3 Å². The molecule has 0 spiro atoms. The number of hydrogen-bond donors (Lipinski definition) is 1. The SMILES string of the molecule is Cc1ccc2ncc(-c3ccc(O)cc3)n2n1. The smallest absolute Gasteiger partial charge is 0.154 e. The van der Waals surface area contributed by atoms with E-state index in [1.807, 2.05) is 35.7 Å². The van der Waals surface area contributed by atoms with Crippen LogP contribution < -0.4 is 0 Å². The number of benzene rings is 1. The molecule has 0 bridgehead atoms. The van der Waals surface area contributed by atoms with E-state index in [0.29, 0.717) is 0 Å². The molecule has 0 saturated heterocycles. The molecule has 1 N–H and O–H groups in total. The zero-order valence-electron chi connectivity index (χ0n) is 9.33. The molecule has 3 rings (SSSR count). The Hall–Kier alpha value is -2.36. The quantitative estimate of drug-likeness (QED) is 0.691. The van der Waals surface area contributed by atoms with Gasteiger partial charge in [-0.3, -0.25) is 0 Å². The fourth-order valence-electron chi connectivity index (χ4n) is 1.79. The van der Waals surface area contributed by atoms with E-state index in [1.165, 1.54) is 0 Å². The van der Waals surface area contributed by atoms with Crippen molar-refractivity contribution in [2.24, 2.45) is 0 Å². The van der Waals surface area contributed by atoms with Crippen molar-refractivity contribution in [3.63, 3.8) is 0 Å². The summed E-state index contributed by atoms with van der Waals surface area (Å²) in [5.41, 5.74) is 3.66. The van der Waals surface area contributed by atoms with Crippen molar-refractivity contribution in [2.45, 2.75) is 6.92 Å². The Morgan fingerprint density at radius 3 is 2.59 bits per heavy atom. The summed E-state index contributed by atoms with van der Waals surface area (Å²) in [6, 6.07) is 10.9. The largest absolute Gasteiger partial charge is 0.508 e. The molecular weight excluding hydrogens is 214 g/mol. The maximum atomic E-state index is 9.27. The van der Waals surface area contributed by atoms with Gasteiger partial charge in [-0.2, -0.15) is 5.10 Å². The van der Waals surface area contributed by atoms with E-state index in [9.17, 15) is 5.11 Å². The Morgan fingerprint density at radius 2 is 1.82 bits per heavy atom. The topological polar surface area (TPSA) is 50.4 Å². The van der Waals surface area contributed by atoms with Gasteiger partial charge in [-0.05, 0) is 43.3 Å². The lowest BCUT2D eigenvalue weighted by atomic mass is 10.2. The van der Waals surface area contributed by atoms with Gasteiger partial charge in [0.15, 0.2) is 5.65 Å². The van der Waals surface area contributed by atoms with Crippen LogP contribution in [0, 0.1) is 6.92 Å². The van der Waals surface area contributed by atoms with Crippen molar-refractivity contribution in [2.75, 3.05) is 0 Å². The zero-order chi connectivity index (χ0) is 11.8. The molecule has 0 aliphatic carbocycles. The van der Waals surface area contributed by atoms with Gasteiger partial charge in [0.25, 0.3) is 0 Å². The molecule has 2 aromatic heterocycles. The summed E-state index contributed by atoms with van der Waals surface area (Å²) in [6.07, 6.45) is 1.79. The van der Waals surface area contributed by atoms with E-state index in [1.54, 1.807) is 18.3 Å². The number of fused-ring (bicyclic) bond motifs is 1. The molecule has 0 aliphatic heterocycles. The first kappa shape index (κ1) is 9.84. The lowest BCUT2D eigenvalue weighted by Gasteiger charge is -2.01. The molecule has 4 nitrogen and oxygen atoms in total. The molecule has 84 valence electrons. The average Bonchev–Trinajstić information content (AvgIpc) is 2.73. The lowest BCUT2D eigenvalue weighted by Crippen LogP contribution is -1.95. The summed E-state index contributed by atoms with van der Waals surface area (Å²) in [4.78, 5) is 4.30. The standard InChI is InChI=1S/C13H11N3O/c1-9-2-7-13-14-8-12(16(13)15-9)10-3-5-11(17)6-4-10/h2-8,17H,1H3. The van der Waals surface area contributed by atoms with E-state index in [4.69, 9.17) is 0 Å². The summed E-state index contributed by atoms with van der Waals surface area (Å²) >= 11 is 0. The van der Waals surface area contributed by atoms with Gasteiger partial charge in [0.1, 0.15) is 5.75 Å². The highest BCUT2D eigenvalue weighted by Crippen LogP contribution is 2.22. The summed E-state index contributed by atoms with van der Waals surface area (Å²) in [5, 5.41) is 13.7. The fraction of sp³-hybridized carbons (Fsp3) is 0.0769. The number of aryl methyl sites for hydroxylation is 1. The second kappa shape index (κ2) is 3.59. The van der Waals surface area contributed by atoms with E-state index < -0.39 is 0 Å². The summed E-state index contributed by atoms with van der Waals surface area (Å²) < 4.78 is 1.81. The van der Waals surface area contributed by atoms with E-state index in [0.717, 1.165) is 22.6 Å². The molecule has 2 heterocycles. The molecule has 0 unspecified atom stereocenters. The molecule has 0 radical (unpaired) electrons. The number of rotatable bonds is 1. The van der Waals surface area contributed by atoms with Crippen LogP contribution in [0.2, 0.25) is 0 Å². The number of phenolic OH excluding ortho intramolecular Hbond substituents is 1. The molecule has 0 saturated carbocycles. The summed E-state index contributed by atoms with van der Waals surface area (Å²) in [5.74, 6) is 0.256. The first-order valence-electron chi connectivity index (χ1n) is 5.35. The highest BCUT2D eigenvalue weighted by molar-refractivity contribution is 5.63. The normalized spacial score (nSPS) is 10.9. The Kier molecular flexibility index (Phi) is 2.08. The maximum absolute atomic E-state index is 9.27. The highest BCUT2D eigenvalue weighted by Gasteiger charge is 2.06. The van der Waals surface area contributed by atoms with E-state index in [2.05, 4.69) is 10.1 Å². The Labute approximate surface area is 98.2 Å². The van der Waals surface area contributed by atoms with Crippen molar-refractivity contribution >= 4 is 5.65 Å². The van der Waals surface area contributed by atoms with E-state index in [-0.39, 0.29) is 5.75 Å². The molecule has 0 amide bonds. The Bertz CT molecular complexity index is 671. The molecular formula is C13H11N3O. The number of hydrogen-bond acceptors (Lipinski definition) is 3. The van der Waals surface area contributed by atoms with E-state index >= 15 is 0 Å². The number of imidazole rings is 1. The third kappa shape index (κ3) is 1.63. The predicted octanol–water partition coefficient (Wildman–Crippen LogP) is 2.41. The first-order chi connectivity index (χ1) is 8.24. The van der Waals surface area contributed by atoms with Crippen LogP contribution in [0.4, 0.5) is 0 Å². The van der Waals surface area contributed by atoms with Crippen LogP contribution in [-0.2, 0) is 0 Å². The van der Waals surface area contributed by atoms with Crippen molar-refractivity contribution < 1.29 is 5.11 Å². The third-order valence-electron chi connectivity index (χ3n) is 2.66. The van der Waals surface area contributed by atoms with Crippen LogP contribution in [0.5, 0.6) is 5.75 Å². The van der Waals surface area contributed by atoms with Crippen LogP contribution >= 0.6 is 0 Å². The second-order valence-corrected chi connectivity index (χ2v) is 3.94. The maximum Gasteiger partial charge on any atom is 0.154 e. The van der Waals surface area contributed by atoms with Gasteiger partial charge >= 0.3 is 0 Å². The second-order valence-electron chi connectivity index (χ2n) is 3.94. The van der Waals surface area contributed by atoms with Crippen LogP contribution in [0.25, 0.3) is 16.9 Å². The van der Waals surface area contributed by atoms with Crippen LogP contribution in [0.15, 0.2) is 42.6 Å². The molecule has 0 aliphatic rings. The van der Waals surface area contributed by atoms with Gasteiger partial charge in [0.05, 0.1) is 17.6 Å². The highest BCUT2D eigenvalue weighted by atomic mass is 16.3. The number of nitrogens with zero attached hydrogens (tertiary/aromatic N) is 3. The van der Waals surface area contributed by atoms with Crippen molar-refractivity contribution in [3.8, 4) is 17.0 Å². The van der Waals surface area contributed by atoms with Gasteiger partial charge in [0, 0.05) is 5.56 Å². The predicted molar refractivity (Wildman–Crippen MR) is 64.8 cm³/mol. The van der Waals surface area contributed by atoms with Crippen molar-refractivity contribution in [1.29, 1.82) is 0 Å². The number of aromatic nitrogens is 3. The van der Waals surface area contributed by atoms with Gasteiger partial charge in [-0.15, -0.1) is 0 Å². The molecule has 0 fully saturated rings. The summed E-state index contributed by atoms with van der Waals surface area (Å²) in [6.45, 7) is 1.94. The number of aromatic hydroxyl groups is 1. The van der Waals surface area contributed by atoms with Crippen LogP contribution in [0.1, 0.15) is 5.69 Å². The molecule has 17 heavy (non-hydrogen) atoms. The Balaban J connectivity index is 2.23. The number of phenols is 1. The van der Waals surface area contributed by atoms with Crippen LogP contribution in [-0.4, -0.2) is 19.7 Å². The minimum atomic E-state index is 0.256. The monoisotopic (exact) mass is 225 g/mol. The minimum Gasteiger partial charge on any atom is -0.508 e. The molecule has 4 heteroatoms. The molecule has 1 aromatic carbocycles. The molecule has 0 atom stereocenters.